The number of rotatable bonds is 3. The van der Waals surface area contributed by atoms with E-state index < -0.39 is 0 Å². The largest absolute Gasteiger partial charge is 0.506 e. The molecule has 0 bridgehead atoms. The average Bonchev–Trinajstić information content (AvgIpc) is 3.01. The highest BCUT2D eigenvalue weighted by Gasteiger charge is 2.14. The van der Waals surface area contributed by atoms with Gasteiger partial charge in [0.1, 0.15) is 10.6 Å². The molecule has 3 rings (SSSR count). The van der Waals surface area contributed by atoms with Crippen molar-refractivity contribution in [1.29, 1.82) is 0 Å². The van der Waals surface area contributed by atoms with Gasteiger partial charge in [-0.2, -0.15) is 4.98 Å². The number of halogens is 1. The summed E-state index contributed by atoms with van der Waals surface area (Å²) in [4.78, 5) is 4.90. The number of aromatic hydroxyl groups is 1. The highest BCUT2D eigenvalue weighted by molar-refractivity contribution is 9.10. The van der Waals surface area contributed by atoms with Gasteiger partial charge in [-0.1, -0.05) is 33.2 Å². The smallest absolute Gasteiger partial charge is 0.271 e. The molecular formula is C13H9BrN2O2S. The first-order valence-electron chi connectivity index (χ1n) is 5.56. The van der Waals surface area contributed by atoms with Crippen molar-refractivity contribution in [2.24, 2.45) is 0 Å². The van der Waals surface area contributed by atoms with E-state index in [2.05, 4.69) is 26.1 Å². The molecule has 1 N–H and O–H groups in total. The van der Waals surface area contributed by atoms with Crippen molar-refractivity contribution in [1.82, 2.24) is 10.1 Å². The van der Waals surface area contributed by atoms with Crippen molar-refractivity contribution >= 4 is 27.3 Å². The summed E-state index contributed by atoms with van der Waals surface area (Å²) in [6.45, 7) is 0. The Hall–Kier alpha value is -1.66. The first-order valence-corrected chi connectivity index (χ1v) is 7.23. The lowest BCUT2D eigenvalue weighted by molar-refractivity contribution is 0.420. The molecule has 0 saturated carbocycles. The van der Waals surface area contributed by atoms with E-state index in [9.17, 15) is 5.11 Å². The molecule has 4 nitrogen and oxygen atoms in total. The molecule has 3 aromatic rings. The maximum atomic E-state index is 9.61. The third-order valence-electron chi connectivity index (χ3n) is 2.58. The van der Waals surface area contributed by atoms with Gasteiger partial charge in [0.15, 0.2) is 5.82 Å². The number of aromatic nitrogens is 2. The van der Waals surface area contributed by atoms with Crippen LogP contribution in [0.1, 0.15) is 11.4 Å². The van der Waals surface area contributed by atoms with Crippen molar-refractivity contribution in [3.05, 3.63) is 51.6 Å². The minimum absolute atomic E-state index is 0.170. The fraction of sp³-hybridized carbons (Fsp3) is 0.0769. The maximum Gasteiger partial charge on any atom is 0.271 e. The van der Waals surface area contributed by atoms with E-state index in [1.807, 2.05) is 24.3 Å². The van der Waals surface area contributed by atoms with Crippen LogP contribution in [0.2, 0.25) is 0 Å². The Balaban J connectivity index is 1.82. The second-order valence-corrected chi connectivity index (χ2v) is 5.79. The van der Waals surface area contributed by atoms with E-state index in [0.717, 1.165) is 10.0 Å². The third kappa shape index (κ3) is 2.69. The van der Waals surface area contributed by atoms with Gasteiger partial charge in [-0.05, 0) is 29.1 Å². The lowest BCUT2D eigenvalue weighted by atomic mass is 10.1. The number of thiophene rings is 1. The summed E-state index contributed by atoms with van der Waals surface area (Å²) in [5, 5.41) is 15.3. The number of hydrogen-bond donors (Lipinski definition) is 1. The monoisotopic (exact) mass is 336 g/mol. The Morgan fingerprint density at radius 2 is 2.00 bits per heavy atom. The van der Waals surface area contributed by atoms with Crippen LogP contribution in [0, 0.1) is 0 Å². The molecule has 0 amide bonds. The second kappa shape index (κ2) is 5.14. The van der Waals surface area contributed by atoms with Gasteiger partial charge < -0.3 is 9.63 Å². The average molecular weight is 337 g/mol. The normalized spacial score (nSPS) is 10.8. The molecule has 6 heteroatoms. The van der Waals surface area contributed by atoms with E-state index in [4.69, 9.17) is 4.52 Å². The predicted molar refractivity (Wildman–Crippen MR) is 76.2 cm³/mol. The Morgan fingerprint density at radius 3 is 2.68 bits per heavy atom. The lowest BCUT2D eigenvalue weighted by Gasteiger charge is -1.96. The second-order valence-electron chi connectivity index (χ2n) is 3.95. The zero-order valence-electron chi connectivity index (χ0n) is 9.71. The first kappa shape index (κ1) is 12.4. The molecular weight excluding hydrogens is 328 g/mol. The van der Waals surface area contributed by atoms with Crippen molar-refractivity contribution in [3.63, 3.8) is 0 Å². The summed E-state index contributed by atoms with van der Waals surface area (Å²) < 4.78 is 6.20. The number of benzene rings is 1. The van der Waals surface area contributed by atoms with Gasteiger partial charge >= 0.3 is 0 Å². The number of nitrogens with zero attached hydrogens (tertiary/aromatic N) is 2. The van der Waals surface area contributed by atoms with Gasteiger partial charge in [0.25, 0.3) is 5.89 Å². The van der Waals surface area contributed by atoms with E-state index in [1.54, 1.807) is 11.4 Å². The molecule has 2 heterocycles. The molecule has 0 spiro atoms. The highest BCUT2D eigenvalue weighted by atomic mass is 79.9. The molecule has 0 aliphatic heterocycles. The lowest BCUT2D eigenvalue weighted by Crippen LogP contribution is -1.90. The molecule has 0 unspecified atom stereocenters. The van der Waals surface area contributed by atoms with E-state index in [0.29, 0.717) is 23.0 Å². The Morgan fingerprint density at radius 1 is 1.21 bits per heavy atom. The quantitative estimate of drug-likeness (QED) is 0.788. The SMILES string of the molecule is Oc1ccsc1-c1nc(Cc2ccc(Br)cc2)no1. The first-order chi connectivity index (χ1) is 9.22. The van der Waals surface area contributed by atoms with Crippen LogP contribution in [0.4, 0.5) is 0 Å². The molecule has 0 radical (unpaired) electrons. The van der Waals surface area contributed by atoms with Gasteiger partial charge in [-0.15, -0.1) is 11.3 Å². The summed E-state index contributed by atoms with van der Waals surface area (Å²) in [5.41, 5.74) is 1.10. The summed E-state index contributed by atoms with van der Waals surface area (Å²) in [5.74, 6) is 1.13. The summed E-state index contributed by atoms with van der Waals surface area (Å²) >= 11 is 4.76. The van der Waals surface area contributed by atoms with E-state index in [-0.39, 0.29) is 5.75 Å². The minimum atomic E-state index is 0.170. The standard InChI is InChI=1S/C13H9BrN2O2S/c14-9-3-1-8(2-4-9)7-11-15-13(18-16-11)12-10(17)5-6-19-12/h1-6,17H,7H2. The zero-order valence-corrected chi connectivity index (χ0v) is 12.1. The molecule has 1 aromatic carbocycles. The van der Waals surface area contributed by atoms with Gasteiger partial charge in [-0.25, -0.2) is 0 Å². The Kier molecular flexibility index (Phi) is 3.35. The van der Waals surface area contributed by atoms with Gasteiger partial charge in [0, 0.05) is 10.9 Å². The minimum Gasteiger partial charge on any atom is -0.506 e. The molecule has 0 saturated heterocycles. The highest BCUT2D eigenvalue weighted by Crippen LogP contribution is 2.33. The summed E-state index contributed by atoms with van der Waals surface area (Å²) in [7, 11) is 0. The molecule has 0 aliphatic rings. The van der Waals surface area contributed by atoms with Crippen molar-refractivity contribution in [2.75, 3.05) is 0 Å². The third-order valence-corrected chi connectivity index (χ3v) is 4.00. The summed E-state index contributed by atoms with van der Waals surface area (Å²) in [6, 6.07) is 9.56. The molecule has 0 aliphatic carbocycles. The van der Waals surface area contributed by atoms with E-state index >= 15 is 0 Å². The van der Waals surface area contributed by atoms with Crippen LogP contribution in [-0.2, 0) is 6.42 Å². The van der Waals surface area contributed by atoms with Gasteiger partial charge in [-0.3, -0.25) is 0 Å². The van der Waals surface area contributed by atoms with Crippen molar-refractivity contribution < 1.29 is 9.63 Å². The van der Waals surface area contributed by atoms with Crippen molar-refractivity contribution in [3.8, 4) is 16.5 Å². The molecule has 0 fully saturated rings. The Bertz CT molecular complexity index is 691. The maximum absolute atomic E-state index is 9.61. The van der Waals surface area contributed by atoms with Crippen LogP contribution in [0.5, 0.6) is 5.75 Å². The molecule has 0 atom stereocenters. The van der Waals surface area contributed by atoms with Crippen LogP contribution in [0.15, 0.2) is 44.7 Å². The van der Waals surface area contributed by atoms with Crippen LogP contribution in [0.25, 0.3) is 10.8 Å². The van der Waals surface area contributed by atoms with Gasteiger partial charge in [0.2, 0.25) is 0 Å². The van der Waals surface area contributed by atoms with Crippen LogP contribution in [-0.4, -0.2) is 15.2 Å². The summed E-state index contributed by atoms with van der Waals surface area (Å²) in [6.07, 6.45) is 0.600. The van der Waals surface area contributed by atoms with Crippen LogP contribution >= 0.6 is 27.3 Å². The zero-order chi connectivity index (χ0) is 13.2. The predicted octanol–water partition coefficient (Wildman–Crippen LogP) is 3.86. The molecule has 19 heavy (non-hydrogen) atoms. The van der Waals surface area contributed by atoms with E-state index in [1.165, 1.54) is 11.3 Å². The van der Waals surface area contributed by atoms with Crippen molar-refractivity contribution in [2.45, 2.75) is 6.42 Å². The fourth-order valence-corrected chi connectivity index (χ4v) is 2.64. The number of hydrogen-bond acceptors (Lipinski definition) is 5. The van der Waals surface area contributed by atoms with Crippen LogP contribution in [0.3, 0.4) is 0 Å². The molecule has 2 aromatic heterocycles. The van der Waals surface area contributed by atoms with Crippen LogP contribution < -0.4 is 0 Å². The topological polar surface area (TPSA) is 59.2 Å². The van der Waals surface area contributed by atoms with Gasteiger partial charge in [0.05, 0.1) is 0 Å². The fourth-order valence-electron chi connectivity index (χ4n) is 1.67. The molecule has 96 valence electrons. The Labute approximate surface area is 121 Å².